The van der Waals surface area contributed by atoms with E-state index >= 15 is 0 Å². The zero-order valence-corrected chi connectivity index (χ0v) is 20.8. The van der Waals surface area contributed by atoms with Crippen LogP contribution in [0.15, 0.2) is 112 Å². The fourth-order valence-corrected chi connectivity index (χ4v) is 4.86. The fraction of sp³-hybridized carbons (Fsp3) is 0.125. The number of carbonyl (C=O) groups is 1. The lowest BCUT2D eigenvalue weighted by Crippen LogP contribution is -2.29. The maximum atomic E-state index is 13.8. The number of hydrogen-bond donors (Lipinski definition) is 0. The lowest BCUT2D eigenvalue weighted by Gasteiger charge is -2.25. The van der Waals surface area contributed by atoms with Crippen molar-refractivity contribution in [2.45, 2.75) is 19.6 Å². The van der Waals surface area contributed by atoms with Crippen LogP contribution in [0, 0.1) is 0 Å². The molecule has 1 amide bonds. The number of carbonyl (C=O) groups excluding carboxylic acids is 1. The van der Waals surface area contributed by atoms with E-state index in [0.29, 0.717) is 46.9 Å². The van der Waals surface area contributed by atoms with Crippen molar-refractivity contribution in [2.75, 3.05) is 11.5 Å². The molecule has 1 aromatic heterocycles. The van der Waals surface area contributed by atoms with Crippen molar-refractivity contribution in [3.05, 3.63) is 136 Å². The first-order chi connectivity index (χ1) is 18.6. The Labute approximate surface area is 219 Å². The van der Waals surface area contributed by atoms with Gasteiger partial charge in [0, 0.05) is 5.69 Å². The predicted octanol–water partition coefficient (Wildman–Crippen LogP) is 6.52. The lowest BCUT2D eigenvalue weighted by molar-refractivity contribution is 0.0971. The molecule has 1 aliphatic heterocycles. The van der Waals surface area contributed by atoms with Gasteiger partial charge in [0.15, 0.2) is 5.43 Å². The number of fused-ring (bicyclic) bond motifs is 2. The summed E-state index contributed by atoms with van der Waals surface area (Å²) in [7, 11) is 0. The minimum absolute atomic E-state index is 0.0667. The average Bonchev–Trinajstić information content (AvgIpc) is 3.26. The first kappa shape index (κ1) is 23.6. The number of rotatable bonds is 7. The molecule has 6 heteroatoms. The summed E-state index contributed by atoms with van der Waals surface area (Å²) >= 11 is 0. The van der Waals surface area contributed by atoms with Gasteiger partial charge in [0.05, 0.1) is 23.6 Å². The summed E-state index contributed by atoms with van der Waals surface area (Å²) in [5, 5.41) is 0.445. The summed E-state index contributed by atoms with van der Waals surface area (Å²) in [5.41, 5.74) is 3.00. The van der Waals surface area contributed by atoms with Gasteiger partial charge in [0.2, 0.25) is 5.76 Å². The standard InChI is InChI=1S/C32H25NO5/c1-2-36-24-18-14-23(15-19-24)33-29(22-12-16-25(17-13-22)37-20-21-8-4-3-5-9-21)28-30(34)26-10-6-7-11-27(26)38-31(28)32(33)35/h3-19,29H,2,20H2,1H3. The number of nitrogens with zero attached hydrogens (tertiary/aromatic N) is 1. The zero-order valence-electron chi connectivity index (χ0n) is 20.8. The van der Waals surface area contributed by atoms with Crippen LogP contribution in [0.1, 0.15) is 40.2 Å². The molecular formula is C32H25NO5. The van der Waals surface area contributed by atoms with Crippen LogP contribution < -0.4 is 19.8 Å². The van der Waals surface area contributed by atoms with Crippen LogP contribution in [0.25, 0.3) is 11.0 Å². The highest BCUT2D eigenvalue weighted by atomic mass is 16.5. The summed E-state index contributed by atoms with van der Waals surface area (Å²) in [5.74, 6) is 1.11. The van der Waals surface area contributed by atoms with Gasteiger partial charge in [0.1, 0.15) is 23.7 Å². The number of para-hydroxylation sites is 1. The monoisotopic (exact) mass is 503 g/mol. The third kappa shape index (κ3) is 4.20. The van der Waals surface area contributed by atoms with Gasteiger partial charge in [-0.05, 0) is 66.6 Å². The normalized spacial score (nSPS) is 14.5. The van der Waals surface area contributed by atoms with Crippen LogP contribution in [-0.4, -0.2) is 12.5 Å². The SMILES string of the molecule is CCOc1ccc(N2C(=O)c3oc4ccccc4c(=O)c3C2c2ccc(OCc3ccccc3)cc2)cc1. The topological polar surface area (TPSA) is 69.0 Å². The van der Waals surface area contributed by atoms with Crippen molar-refractivity contribution in [1.29, 1.82) is 0 Å². The van der Waals surface area contributed by atoms with E-state index in [1.54, 1.807) is 29.2 Å². The maximum Gasteiger partial charge on any atom is 0.295 e. The van der Waals surface area contributed by atoms with E-state index in [-0.39, 0.29) is 17.1 Å². The Balaban J connectivity index is 1.41. The molecule has 0 aliphatic carbocycles. The minimum atomic E-state index is -0.653. The maximum absolute atomic E-state index is 13.8. The van der Waals surface area contributed by atoms with Crippen LogP contribution in [0.4, 0.5) is 5.69 Å². The van der Waals surface area contributed by atoms with E-state index in [0.717, 1.165) is 11.1 Å². The summed E-state index contributed by atoms with van der Waals surface area (Å²) in [6.07, 6.45) is 0. The molecule has 0 bridgehead atoms. The molecular weight excluding hydrogens is 478 g/mol. The predicted molar refractivity (Wildman–Crippen MR) is 146 cm³/mol. The van der Waals surface area contributed by atoms with E-state index < -0.39 is 6.04 Å². The molecule has 0 spiro atoms. The van der Waals surface area contributed by atoms with Gasteiger partial charge in [-0.25, -0.2) is 0 Å². The van der Waals surface area contributed by atoms with Crippen LogP contribution in [-0.2, 0) is 6.61 Å². The summed E-state index contributed by atoms with van der Waals surface area (Å²) < 4.78 is 17.6. The third-order valence-corrected chi connectivity index (χ3v) is 6.65. The summed E-state index contributed by atoms with van der Waals surface area (Å²) in [6, 6.07) is 31.1. The molecule has 1 unspecified atom stereocenters. The third-order valence-electron chi connectivity index (χ3n) is 6.65. The first-order valence-electron chi connectivity index (χ1n) is 12.5. The van der Waals surface area contributed by atoms with Crippen molar-refractivity contribution in [2.24, 2.45) is 0 Å². The van der Waals surface area contributed by atoms with Crippen LogP contribution >= 0.6 is 0 Å². The number of hydrogen-bond acceptors (Lipinski definition) is 5. The molecule has 5 aromatic rings. The lowest BCUT2D eigenvalue weighted by atomic mass is 9.98. The molecule has 0 saturated carbocycles. The molecule has 1 aliphatic rings. The van der Waals surface area contributed by atoms with Gasteiger partial charge >= 0.3 is 0 Å². The molecule has 0 N–H and O–H groups in total. The Kier molecular flexibility index (Phi) is 6.14. The quantitative estimate of drug-likeness (QED) is 0.253. The molecule has 188 valence electrons. The second-order valence-corrected chi connectivity index (χ2v) is 9.02. The average molecular weight is 504 g/mol. The molecule has 0 radical (unpaired) electrons. The molecule has 1 atom stereocenters. The Morgan fingerprint density at radius 1 is 0.763 bits per heavy atom. The Hall–Kier alpha value is -4.84. The largest absolute Gasteiger partial charge is 0.494 e. The smallest absolute Gasteiger partial charge is 0.295 e. The zero-order chi connectivity index (χ0) is 26.1. The Morgan fingerprint density at radius 3 is 2.16 bits per heavy atom. The molecule has 0 saturated heterocycles. The van der Waals surface area contributed by atoms with Gasteiger partial charge in [-0.3, -0.25) is 14.5 Å². The second-order valence-electron chi connectivity index (χ2n) is 9.02. The van der Waals surface area contributed by atoms with Gasteiger partial charge in [-0.1, -0.05) is 54.6 Å². The number of anilines is 1. The molecule has 0 fully saturated rings. The van der Waals surface area contributed by atoms with E-state index in [1.807, 2.05) is 85.8 Å². The van der Waals surface area contributed by atoms with Crippen molar-refractivity contribution < 1.29 is 18.7 Å². The molecule has 4 aromatic carbocycles. The van der Waals surface area contributed by atoms with Gasteiger partial charge < -0.3 is 13.9 Å². The highest BCUT2D eigenvalue weighted by Gasteiger charge is 2.43. The highest BCUT2D eigenvalue weighted by molar-refractivity contribution is 6.10. The van der Waals surface area contributed by atoms with Crippen molar-refractivity contribution in [1.82, 2.24) is 0 Å². The summed E-state index contributed by atoms with van der Waals surface area (Å²) in [6.45, 7) is 2.90. The van der Waals surface area contributed by atoms with E-state index in [9.17, 15) is 9.59 Å². The summed E-state index contributed by atoms with van der Waals surface area (Å²) in [4.78, 5) is 29.1. The first-order valence-corrected chi connectivity index (χ1v) is 12.5. The van der Waals surface area contributed by atoms with Gasteiger partial charge in [-0.2, -0.15) is 0 Å². The number of amides is 1. The van der Waals surface area contributed by atoms with E-state index in [2.05, 4.69) is 0 Å². The number of benzene rings is 4. The van der Waals surface area contributed by atoms with Crippen LogP contribution in [0.5, 0.6) is 11.5 Å². The minimum Gasteiger partial charge on any atom is -0.494 e. The van der Waals surface area contributed by atoms with Gasteiger partial charge in [0.25, 0.3) is 5.91 Å². The van der Waals surface area contributed by atoms with Gasteiger partial charge in [-0.15, -0.1) is 0 Å². The van der Waals surface area contributed by atoms with Crippen molar-refractivity contribution in [3.63, 3.8) is 0 Å². The van der Waals surface area contributed by atoms with E-state index in [4.69, 9.17) is 13.9 Å². The fourth-order valence-electron chi connectivity index (χ4n) is 4.86. The molecule has 38 heavy (non-hydrogen) atoms. The van der Waals surface area contributed by atoms with Crippen LogP contribution in [0.3, 0.4) is 0 Å². The second kappa shape index (κ2) is 9.90. The van der Waals surface area contributed by atoms with Crippen molar-refractivity contribution >= 4 is 22.6 Å². The number of ether oxygens (including phenoxy) is 2. The molecule has 2 heterocycles. The molecule has 6 rings (SSSR count). The highest BCUT2D eigenvalue weighted by Crippen LogP contribution is 2.41. The Bertz CT molecular complexity index is 1660. The van der Waals surface area contributed by atoms with E-state index in [1.165, 1.54) is 0 Å². The van der Waals surface area contributed by atoms with Crippen molar-refractivity contribution in [3.8, 4) is 11.5 Å². The molecule has 6 nitrogen and oxygen atoms in total. The Morgan fingerprint density at radius 2 is 1.42 bits per heavy atom. The van der Waals surface area contributed by atoms with Crippen LogP contribution in [0.2, 0.25) is 0 Å².